The van der Waals surface area contributed by atoms with E-state index in [9.17, 15) is 9.59 Å². The van der Waals surface area contributed by atoms with Crippen LogP contribution in [-0.2, 0) is 14.3 Å². The number of benzene rings is 1. The van der Waals surface area contributed by atoms with E-state index < -0.39 is 0 Å². The summed E-state index contributed by atoms with van der Waals surface area (Å²) >= 11 is 5.94. The lowest BCUT2D eigenvalue weighted by atomic mass is 10.0. The maximum Gasteiger partial charge on any atom is 0.225 e. The van der Waals surface area contributed by atoms with Crippen molar-refractivity contribution in [3.05, 3.63) is 34.9 Å². The lowest BCUT2D eigenvalue weighted by Crippen LogP contribution is -2.43. The molecule has 0 aromatic heterocycles. The van der Waals surface area contributed by atoms with Gasteiger partial charge in [0.1, 0.15) is 0 Å². The third kappa shape index (κ3) is 7.04. The van der Waals surface area contributed by atoms with Gasteiger partial charge >= 0.3 is 0 Å². The fourth-order valence-corrected chi connectivity index (χ4v) is 3.04. The SMILES string of the molecule is CCC(CC)N(CCOC)C(=O)CC(NC(C)=O)c1ccc(Cl)cc1. The summed E-state index contributed by atoms with van der Waals surface area (Å²) in [5.41, 5.74) is 0.865. The largest absolute Gasteiger partial charge is 0.383 e. The number of halogens is 1. The molecule has 5 nitrogen and oxygen atoms in total. The van der Waals surface area contributed by atoms with Crippen LogP contribution in [0.2, 0.25) is 5.02 Å². The molecule has 0 aliphatic rings. The van der Waals surface area contributed by atoms with E-state index in [0.29, 0.717) is 18.2 Å². The Balaban J connectivity index is 2.96. The van der Waals surface area contributed by atoms with Gasteiger partial charge in [0.2, 0.25) is 11.8 Å². The van der Waals surface area contributed by atoms with Crippen LogP contribution in [0.1, 0.15) is 51.6 Å². The Morgan fingerprint density at radius 1 is 1.20 bits per heavy atom. The molecule has 1 unspecified atom stereocenters. The van der Waals surface area contributed by atoms with Gasteiger partial charge in [-0.25, -0.2) is 0 Å². The van der Waals surface area contributed by atoms with E-state index in [1.165, 1.54) is 6.92 Å². The first-order chi connectivity index (χ1) is 11.9. The van der Waals surface area contributed by atoms with Crippen molar-refractivity contribution in [1.29, 1.82) is 0 Å². The van der Waals surface area contributed by atoms with Crippen molar-refractivity contribution < 1.29 is 14.3 Å². The zero-order chi connectivity index (χ0) is 18.8. The van der Waals surface area contributed by atoms with Crippen LogP contribution in [0, 0.1) is 0 Å². The van der Waals surface area contributed by atoms with Gasteiger partial charge in [0, 0.05) is 31.6 Å². The molecular weight excluding hydrogens is 340 g/mol. The minimum atomic E-state index is -0.373. The summed E-state index contributed by atoms with van der Waals surface area (Å²) in [5.74, 6) is -0.154. The van der Waals surface area contributed by atoms with Crippen LogP contribution < -0.4 is 5.32 Å². The second kappa shape index (κ2) is 11.1. The van der Waals surface area contributed by atoms with Gasteiger partial charge in [-0.2, -0.15) is 0 Å². The molecule has 1 aromatic carbocycles. The number of hydrogen-bond donors (Lipinski definition) is 1. The summed E-state index contributed by atoms with van der Waals surface area (Å²) in [5, 5.41) is 3.49. The first-order valence-electron chi connectivity index (χ1n) is 8.73. The summed E-state index contributed by atoms with van der Waals surface area (Å²) in [4.78, 5) is 26.4. The van der Waals surface area contributed by atoms with Crippen molar-refractivity contribution in [2.24, 2.45) is 0 Å². The molecule has 1 aromatic rings. The third-order valence-corrected chi connectivity index (χ3v) is 4.52. The monoisotopic (exact) mass is 368 g/mol. The topological polar surface area (TPSA) is 58.6 Å². The second-order valence-electron chi connectivity index (χ2n) is 6.06. The van der Waals surface area contributed by atoms with E-state index in [2.05, 4.69) is 19.2 Å². The van der Waals surface area contributed by atoms with Gasteiger partial charge in [-0.15, -0.1) is 0 Å². The van der Waals surface area contributed by atoms with Gasteiger partial charge in [-0.3, -0.25) is 9.59 Å². The first-order valence-corrected chi connectivity index (χ1v) is 9.11. The van der Waals surface area contributed by atoms with Crippen LogP contribution in [0.4, 0.5) is 0 Å². The van der Waals surface area contributed by atoms with Gasteiger partial charge in [0.25, 0.3) is 0 Å². The molecule has 25 heavy (non-hydrogen) atoms. The number of nitrogens with one attached hydrogen (secondary N) is 1. The molecule has 0 heterocycles. The summed E-state index contributed by atoms with van der Waals surface area (Å²) < 4.78 is 5.15. The number of carbonyl (C=O) groups is 2. The number of amides is 2. The van der Waals surface area contributed by atoms with Gasteiger partial charge in [-0.1, -0.05) is 37.6 Å². The van der Waals surface area contributed by atoms with Crippen LogP contribution in [0.25, 0.3) is 0 Å². The molecule has 0 bridgehead atoms. The van der Waals surface area contributed by atoms with Crippen molar-refractivity contribution in [3.63, 3.8) is 0 Å². The quantitative estimate of drug-likeness (QED) is 0.686. The van der Waals surface area contributed by atoms with E-state index in [1.807, 2.05) is 17.0 Å². The number of ether oxygens (including phenoxy) is 1. The Kier molecular flexibility index (Phi) is 9.53. The summed E-state index contributed by atoms with van der Waals surface area (Å²) in [6.07, 6.45) is 1.98. The maximum absolute atomic E-state index is 12.9. The van der Waals surface area contributed by atoms with E-state index in [0.717, 1.165) is 18.4 Å². The zero-order valence-corrected chi connectivity index (χ0v) is 16.3. The molecule has 0 spiro atoms. The highest BCUT2D eigenvalue weighted by atomic mass is 35.5. The molecule has 1 rings (SSSR count). The van der Waals surface area contributed by atoms with Gasteiger partial charge < -0.3 is 15.0 Å². The lowest BCUT2D eigenvalue weighted by molar-refractivity contribution is -0.135. The van der Waals surface area contributed by atoms with E-state index in [1.54, 1.807) is 19.2 Å². The van der Waals surface area contributed by atoms with Gasteiger partial charge in [0.15, 0.2) is 0 Å². The smallest absolute Gasteiger partial charge is 0.225 e. The molecule has 0 aliphatic carbocycles. The van der Waals surface area contributed by atoms with Crippen LogP contribution >= 0.6 is 11.6 Å². The maximum atomic E-state index is 12.9. The predicted octanol–water partition coefficient (Wildman–Crippen LogP) is 3.57. The van der Waals surface area contributed by atoms with E-state index in [4.69, 9.17) is 16.3 Å². The van der Waals surface area contributed by atoms with Crippen molar-refractivity contribution in [3.8, 4) is 0 Å². The Bertz CT molecular complexity index is 544. The second-order valence-corrected chi connectivity index (χ2v) is 6.50. The fraction of sp³-hybridized carbons (Fsp3) is 0.579. The average Bonchev–Trinajstić information content (AvgIpc) is 2.58. The Labute approximate surface area is 155 Å². The highest BCUT2D eigenvalue weighted by Gasteiger charge is 2.25. The zero-order valence-electron chi connectivity index (χ0n) is 15.5. The molecule has 0 radical (unpaired) electrons. The predicted molar refractivity (Wildman–Crippen MR) is 101 cm³/mol. The van der Waals surface area contributed by atoms with Crippen molar-refractivity contribution in [1.82, 2.24) is 10.2 Å². The summed E-state index contributed by atoms with van der Waals surface area (Å²) in [6.45, 7) is 6.65. The third-order valence-electron chi connectivity index (χ3n) is 4.27. The summed E-state index contributed by atoms with van der Waals surface area (Å²) in [7, 11) is 1.63. The molecule has 2 amide bonds. The minimum absolute atomic E-state index is 0.0134. The van der Waals surface area contributed by atoms with Crippen LogP contribution in [-0.4, -0.2) is 43.0 Å². The minimum Gasteiger partial charge on any atom is -0.383 e. The van der Waals surface area contributed by atoms with Crippen molar-refractivity contribution in [2.45, 2.75) is 52.1 Å². The van der Waals surface area contributed by atoms with Crippen molar-refractivity contribution >= 4 is 23.4 Å². The highest BCUT2D eigenvalue weighted by Crippen LogP contribution is 2.22. The Hall–Kier alpha value is -1.59. The van der Waals surface area contributed by atoms with Crippen molar-refractivity contribution in [2.75, 3.05) is 20.3 Å². The summed E-state index contributed by atoms with van der Waals surface area (Å²) in [6, 6.07) is 7.01. The molecular formula is C19H29ClN2O3. The fourth-order valence-electron chi connectivity index (χ4n) is 2.91. The molecule has 1 atom stereocenters. The molecule has 0 aliphatic heterocycles. The average molecular weight is 369 g/mol. The molecule has 1 N–H and O–H groups in total. The molecule has 0 fully saturated rings. The Morgan fingerprint density at radius 3 is 2.28 bits per heavy atom. The molecule has 6 heteroatoms. The normalized spacial score (nSPS) is 12.1. The lowest BCUT2D eigenvalue weighted by Gasteiger charge is -2.32. The Morgan fingerprint density at radius 2 is 1.80 bits per heavy atom. The number of nitrogens with zero attached hydrogens (tertiary/aromatic N) is 1. The molecule has 0 saturated carbocycles. The van der Waals surface area contributed by atoms with Crippen LogP contribution in [0.15, 0.2) is 24.3 Å². The molecule has 140 valence electrons. The number of rotatable bonds is 10. The highest BCUT2D eigenvalue weighted by molar-refractivity contribution is 6.30. The van der Waals surface area contributed by atoms with E-state index in [-0.39, 0.29) is 30.3 Å². The first kappa shape index (κ1) is 21.5. The van der Waals surface area contributed by atoms with Crippen LogP contribution in [0.3, 0.4) is 0 Å². The van der Waals surface area contributed by atoms with Crippen LogP contribution in [0.5, 0.6) is 0 Å². The van der Waals surface area contributed by atoms with Gasteiger partial charge in [-0.05, 0) is 30.5 Å². The standard InChI is InChI=1S/C19H29ClN2O3/c1-5-17(6-2)22(11-12-25-4)19(24)13-18(21-14(3)23)15-7-9-16(20)10-8-15/h7-10,17-18H,5-6,11-13H2,1-4H3,(H,21,23). The number of carbonyl (C=O) groups excluding carboxylic acids is 2. The number of hydrogen-bond acceptors (Lipinski definition) is 3. The van der Waals surface area contributed by atoms with E-state index >= 15 is 0 Å². The molecule has 0 saturated heterocycles. The number of methoxy groups -OCH3 is 1. The van der Waals surface area contributed by atoms with Gasteiger partial charge in [0.05, 0.1) is 19.1 Å².